The summed E-state index contributed by atoms with van der Waals surface area (Å²) in [4.78, 5) is 12.6. The van der Waals surface area contributed by atoms with Gasteiger partial charge < -0.3 is 4.74 Å². The molecule has 0 amide bonds. The Hall–Kier alpha value is -1.40. The number of benzene rings is 1. The summed E-state index contributed by atoms with van der Waals surface area (Å²) in [7, 11) is -3.73. The fourth-order valence-corrected chi connectivity index (χ4v) is 6.29. The number of nitrogens with zero attached hydrogens (tertiary/aromatic N) is 1. The zero-order valence-electron chi connectivity index (χ0n) is 15.0. The van der Waals surface area contributed by atoms with Gasteiger partial charge in [-0.15, -0.1) is 0 Å². The third-order valence-electron chi connectivity index (χ3n) is 5.95. The molecule has 0 saturated carbocycles. The van der Waals surface area contributed by atoms with Crippen molar-refractivity contribution in [1.29, 1.82) is 0 Å². The van der Waals surface area contributed by atoms with Gasteiger partial charge in [0.1, 0.15) is 6.04 Å². The minimum absolute atomic E-state index is 0.0780. The second-order valence-electron chi connectivity index (χ2n) is 7.02. The summed E-state index contributed by atoms with van der Waals surface area (Å²) in [5.41, 5.74) is 4.68. The molecule has 5 nitrogen and oxygen atoms in total. The highest BCUT2D eigenvalue weighted by molar-refractivity contribution is 7.89. The third-order valence-corrected chi connectivity index (χ3v) is 8.10. The molecule has 0 spiro atoms. The number of sulfonamides is 1. The average molecular weight is 351 g/mol. The molecule has 132 valence electrons. The third kappa shape index (κ3) is 2.39. The van der Waals surface area contributed by atoms with Gasteiger partial charge in [-0.1, -0.05) is 0 Å². The standard InChI is InChI=1S/C18H25NO4S/c1-10-11(2)13(4)17(14(5)12(10)3)24(21,22)19-8-6-15-7-9-23-18(20)16(15)19/h15-16H,6-9H2,1-5H3/t15-,16-/m0/s1. The minimum atomic E-state index is -3.73. The number of hydrogen-bond acceptors (Lipinski definition) is 4. The number of esters is 1. The van der Waals surface area contributed by atoms with Crippen LogP contribution in [0.25, 0.3) is 0 Å². The molecule has 6 heteroatoms. The first-order valence-corrected chi connectivity index (χ1v) is 9.87. The number of carbonyl (C=O) groups is 1. The summed E-state index contributed by atoms with van der Waals surface area (Å²) >= 11 is 0. The van der Waals surface area contributed by atoms with E-state index in [4.69, 9.17) is 4.74 Å². The molecular formula is C18H25NO4S. The van der Waals surface area contributed by atoms with Crippen LogP contribution in [0.5, 0.6) is 0 Å². The molecule has 1 aromatic rings. The van der Waals surface area contributed by atoms with Gasteiger partial charge in [-0.05, 0) is 81.2 Å². The Morgan fingerprint density at radius 3 is 2.04 bits per heavy atom. The zero-order chi connectivity index (χ0) is 17.8. The average Bonchev–Trinajstić information content (AvgIpc) is 2.97. The Morgan fingerprint density at radius 1 is 0.917 bits per heavy atom. The topological polar surface area (TPSA) is 63.7 Å². The summed E-state index contributed by atoms with van der Waals surface area (Å²) in [6.07, 6.45) is 1.47. The van der Waals surface area contributed by atoms with E-state index in [0.717, 1.165) is 40.7 Å². The largest absolute Gasteiger partial charge is 0.464 e. The van der Waals surface area contributed by atoms with Crippen LogP contribution in [0.4, 0.5) is 0 Å². The molecule has 0 bridgehead atoms. The summed E-state index contributed by atoms with van der Waals surface area (Å²) in [6, 6.07) is -0.663. The fraction of sp³-hybridized carbons (Fsp3) is 0.611. The molecule has 0 aromatic heterocycles. The van der Waals surface area contributed by atoms with Crippen molar-refractivity contribution < 1.29 is 17.9 Å². The van der Waals surface area contributed by atoms with Crippen LogP contribution in [0.2, 0.25) is 0 Å². The van der Waals surface area contributed by atoms with Gasteiger partial charge in [-0.2, -0.15) is 4.31 Å². The minimum Gasteiger partial charge on any atom is -0.464 e. The molecule has 0 unspecified atom stereocenters. The van der Waals surface area contributed by atoms with Crippen molar-refractivity contribution in [2.45, 2.75) is 58.4 Å². The van der Waals surface area contributed by atoms with Gasteiger partial charge >= 0.3 is 5.97 Å². The van der Waals surface area contributed by atoms with Crippen LogP contribution in [0, 0.1) is 40.5 Å². The summed E-state index contributed by atoms with van der Waals surface area (Å²) < 4.78 is 33.3. The maximum absolute atomic E-state index is 13.4. The van der Waals surface area contributed by atoms with Crippen molar-refractivity contribution in [3.05, 3.63) is 27.8 Å². The molecule has 24 heavy (non-hydrogen) atoms. The maximum atomic E-state index is 13.4. The molecule has 2 aliphatic heterocycles. The quantitative estimate of drug-likeness (QED) is 0.768. The van der Waals surface area contributed by atoms with Gasteiger partial charge in [0.05, 0.1) is 11.5 Å². The van der Waals surface area contributed by atoms with E-state index in [-0.39, 0.29) is 5.92 Å². The normalized spacial score (nSPS) is 24.8. The van der Waals surface area contributed by atoms with Crippen molar-refractivity contribution >= 4 is 16.0 Å². The van der Waals surface area contributed by atoms with E-state index in [1.54, 1.807) is 0 Å². The predicted octanol–water partition coefficient (Wildman–Crippen LogP) is 2.55. The highest BCUT2D eigenvalue weighted by atomic mass is 32.2. The van der Waals surface area contributed by atoms with E-state index in [1.807, 2.05) is 34.6 Å². The smallest absolute Gasteiger partial charge is 0.324 e. The maximum Gasteiger partial charge on any atom is 0.324 e. The lowest BCUT2D eigenvalue weighted by atomic mass is 9.95. The molecule has 0 N–H and O–H groups in total. The van der Waals surface area contributed by atoms with E-state index < -0.39 is 22.0 Å². The second-order valence-corrected chi connectivity index (χ2v) is 8.85. The van der Waals surface area contributed by atoms with Crippen LogP contribution in [0.3, 0.4) is 0 Å². The molecular weight excluding hydrogens is 326 g/mol. The van der Waals surface area contributed by atoms with Crippen LogP contribution >= 0.6 is 0 Å². The van der Waals surface area contributed by atoms with Crippen molar-refractivity contribution in [1.82, 2.24) is 4.31 Å². The van der Waals surface area contributed by atoms with Crippen LogP contribution < -0.4 is 0 Å². The second kappa shape index (κ2) is 5.85. The van der Waals surface area contributed by atoms with Crippen LogP contribution in [-0.2, 0) is 19.6 Å². The Balaban J connectivity index is 2.14. The first-order valence-electron chi connectivity index (χ1n) is 8.43. The Kier molecular flexibility index (Phi) is 4.24. The molecule has 2 heterocycles. The number of hydrogen-bond donors (Lipinski definition) is 0. The van der Waals surface area contributed by atoms with E-state index in [1.165, 1.54) is 4.31 Å². The highest BCUT2D eigenvalue weighted by Gasteiger charge is 2.49. The van der Waals surface area contributed by atoms with Gasteiger partial charge in [-0.25, -0.2) is 8.42 Å². The van der Waals surface area contributed by atoms with Crippen molar-refractivity contribution in [2.75, 3.05) is 13.2 Å². The lowest BCUT2D eigenvalue weighted by molar-refractivity contribution is -0.153. The van der Waals surface area contributed by atoms with Crippen LogP contribution in [-0.4, -0.2) is 37.9 Å². The van der Waals surface area contributed by atoms with Gasteiger partial charge in [0.25, 0.3) is 0 Å². The van der Waals surface area contributed by atoms with E-state index in [0.29, 0.717) is 18.0 Å². The fourth-order valence-electron chi connectivity index (χ4n) is 4.07. The zero-order valence-corrected chi connectivity index (χ0v) is 15.8. The van der Waals surface area contributed by atoms with Gasteiger partial charge in [0.15, 0.2) is 0 Å². The van der Waals surface area contributed by atoms with Crippen molar-refractivity contribution in [3.63, 3.8) is 0 Å². The Morgan fingerprint density at radius 2 is 1.46 bits per heavy atom. The summed E-state index contributed by atoms with van der Waals surface area (Å²) in [6.45, 7) is 10.4. The van der Waals surface area contributed by atoms with E-state index in [2.05, 4.69) is 0 Å². The van der Waals surface area contributed by atoms with Gasteiger partial charge in [0.2, 0.25) is 10.0 Å². The van der Waals surface area contributed by atoms with Crippen LogP contribution in [0.1, 0.15) is 40.7 Å². The van der Waals surface area contributed by atoms with Crippen molar-refractivity contribution in [3.8, 4) is 0 Å². The number of rotatable bonds is 2. The SMILES string of the molecule is Cc1c(C)c(C)c(S(=O)(=O)N2CC[C@H]3CCOC(=O)[C@H]32)c(C)c1C. The summed E-state index contributed by atoms with van der Waals surface area (Å²) in [5, 5.41) is 0. The Bertz CT molecular complexity index is 784. The molecule has 2 atom stereocenters. The monoisotopic (exact) mass is 351 g/mol. The number of cyclic esters (lactones) is 1. The molecule has 0 aliphatic carbocycles. The summed E-state index contributed by atoms with van der Waals surface area (Å²) in [5.74, 6) is -0.322. The molecule has 2 fully saturated rings. The van der Waals surface area contributed by atoms with E-state index in [9.17, 15) is 13.2 Å². The first kappa shape index (κ1) is 17.4. The van der Waals surface area contributed by atoms with Crippen molar-refractivity contribution in [2.24, 2.45) is 5.92 Å². The van der Waals surface area contributed by atoms with E-state index >= 15 is 0 Å². The molecule has 3 rings (SSSR count). The first-order chi connectivity index (χ1) is 11.2. The lowest BCUT2D eigenvalue weighted by Crippen LogP contribution is -2.47. The number of ether oxygens (including phenoxy) is 1. The molecule has 2 saturated heterocycles. The molecule has 0 radical (unpaired) electrons. The van der Waals surface area contributed by atoms with Crippen LogP contribution in [0.15, 0.2) is 4.90 Å². The molecule has 1 aromatic carbocycles. The number of fused-ring (bicyclic) bond motifs is 1. The number of carbonyl (C=O) groups excluding carboxylic acids is 1. The van der Waals surface area contributed by atoms with Gasteiger partial charge in [0, 0.05) is 6.54 Å². The Labute approximate surface area is 144 Å². The highest BCUT2D eigenvalue weighted by Crippen LogP contribution is 2.38. The van der Waals surface area contributed by atoms with Gasteiger partial charge in [-0.3, -0.25) is 4.79 Å². The lowest BCUT2D eigenvalue weighted by Gasteiger charge is -2.30. The predicted molar refractivity (Wildman–Crippen MR) is 91.5 cm³/mol. The molecule has 2 aliphatic rings.